The summed E-state index contributed by atoms with van der Waals surface area (Å²) in [5.41, 5.74) is 3.94. The van der Waals surface area contributed by atoms with E-state index in [1.165, 1.54) is 11.3 Å². The summed E-state index contributed by atoms with van der Waals surface area (Å²) in [7, 11) is 0. The van der Waals surface area contributed by atoms with Gasteiger partial charge in [-0.05, 0) is 42.7 Å². The Hall–Kier alpha value is -3.19. The van der Waals surface area contributed by atoms with Crippen molar-refractivity contribution >= 4 is 34.0 Å². The number of benzene rings is 2. The van der Waals surface area contributed by atoms with E-state index in [0.717, 1.165) is 41.9 Å². The highest BCUT2D eigenvalue weighted by Crippen LogP contribution is 2.33. The van der Waals surface area contributed by atoms with Gasteiger partial charge in [0.15, 0.2) is 11.7 Å². The van der Waals surface area contributed by atoms with Crippen molar-refractivity contribution in [2.24, 2.45) is 5.92 Å². The van der Waals surface area contributed by atoms with Gasteiger partial charge in [0.05, 0.1) is 5.69 Å². The van der Waals surface area contributed by atoms with E-state index >= 15 is 0 Å². The van der Waals surface area contributed by atoms with E-state index in [-0.39, 0.29) is 24.3 Å². The van der Waals surface area contributed by atoms with Gasteiger partial charge < -0.3 is 9.64 Å². The van der Waals surface area contributed by atoms with Crippen LogP contribution in [-0.2, 0) is 16.0 Å². The second kappa shape index (κ2) is 9.31. The average molecular weight is 436 g/mol. The molecule has 31 heavy (non-hydrogen) atoms. The summed E-state index contributed by atoms with van der Waals surface area (Å²) in [4.78, 5) is 31.2. The number of nitrogens with zero attached hydrogens (tertiary/aromatic N) is 2. The first-order chi connectivity index (χ1) is 15.0. The number of fused-ring (bicyclic) bond motifs is 1. The summed E-state index contributed by atoms with van der Waals surface area (Å²) in [6.45, 7) is 4.56. The van der Waals surface area contributed by atoms with Crippen LogP contribution in [0.15, 0.2) is 53.9 Å². The number of para-hydroxylation sites is 1. The predicted molar refractivity (Wildman–Crippen MR) is 124 cm³/mol. The first kappa shape index (κ1) is 21.1. The molecule has 2 heterocycles. The molecule has 4 rings (SSSR count). The van der Waals surface area contributed by atoms with Gasteiger partial charge in [-0.25, -0.2) is 4.98 Å². The Morgan fingerprint density at radius 3 is 2.77 bits per heavy atom. The molecule has 2 aromatic carbocycles. The number of rotatable bonds is 6. The van der Waals surface area contributed by atoms with Gasteiger partial charge in [0.1, 0.15) is 5.75 Å². The Morgan fingerprint density at radius 2 is 2.00 bits per heavy atom. The third-order valence-corrected chi connectivity index (χ3v) is 5.88. The van der Waals surface area contributed by atoms with Gasteiger partial charge in [-0.1, -0.05) is 38.1 Å². The molecule has 0 bridgehead atoms. The van der Waals surface area contributed by atoms with Crippen molar-refractivity contribution in [3.63, 3.8) is 0 Å². The molecule has 1 aliphatic heterocycles. The van der Waals surface area contributed by atoms with Gasteiger partial charge >= 0.3 is 0 Å². The number of carbonyl (C=O) groups excluding carboxylic acids is 2. The Morgan fingerprint density at radius 1 is 1.19 bits per heavy atom. The number of aryl methyl sites for hydroxylation is 1. The van der Waals surface area contributed by atoms with E-state index in [2.05, 4.69) is 16.4 Å². The molecule has 0 saturated heterocycles. The lowest BCUT2D eigenvalue weighted by atomic mass is 9.97. The van der Waals surface area contributed by atoms with Crippen molar-refractivity contribution in [3.8, 4) is 17.0 Å². The minimum Gasteiger partial charge on any atom is -0.484 e. The minimum atomic E-state index is -0.252. The van der Waals surface area contributed by atoms with Crippen molar-refractivity contribution in [2.75, 3.05) is 23.4 Å². The zero-order chi connectivity index (χ0) is 21.8. The van der Waals surface area contributed by atoms with Gasteiger partial charge in [0, 0.05) is 29.1 Å². The normalized spacial score (nSPS) is 13.1. The van der Waals surface area contributed by atoms with Crippen molar-refractivity contribution in [3.05, 3.63) is 59.5 Å². The maximum Gasteiger partial charge on any atom is 0.264 e. The molecule has 0 aliphatic carbocycles. The van der Waals surface area contributed by atoms with Crippen LogP contribution in [0.3, 0.4) is 0 Å². The van der Waals surface area contributed by atoms with E-state index in [0.29, 0.717) is 10.9 Å². The smallest absolute Gasteiger partial charge is 0.264 e. The zero-order valence-corrected chi connectivity index (χ0v) is 18.4. The van der Waals surface area contributed by atoms with E-state index in [1.54, 1.807) is 12.1 Å². The Labute approximate surface area is 185 Å². The third kappa shape index (κ3) is 4.94. The van der Waals surface area contributed by atoms with Crippen LogP contribution in [0.4, 0.5) is 10.8 Å². The fourth-order valence-corrected chi connectivity index (χ4v) is 4.32. The molecule has 0 fully saturated rings. The monoisotopic (exact) mass is 435 g/mol. The summed E-state index contributed by atoms with van der Waals surface area (Å²) in [6, 6.07) is 15.3. The third-order valence-electron chi connectivity index (χ3n) is 5.12. The number of aromatic nitrogens is 1. The van der Waals surface area contributed by atoms with Gasteiger partial charge in [-0.2, -0.15) is 0 Å². The number of nitrogens with one attached hydrogen (secondary N) is 1. The SMILES string of the molecule is CC(C)C(=O)N1CCCc2cc(-c3csc(NC(=O)COc4ccccc4)n3)ccc21. The van der Waals surface area contributed by atoms with Crippen LogP contribution in [0.25, 0.3) is 11.3 Å². The van der Waals surface area contributed by atoms with Crippen LogP contribution in [0, 0.1) is 5.92 Å². The van der Waals surface area contributed by atoms with E-state index < -0.39 is 0 Å². The second-order valence-corrected chi connectivity index (χ2v) is 8.64. The predicted octanol–water partition coefficient (Wildman–Crippen LogP) is 4.76. The lowest BCUT2D eigenvalue weighted by Crippen LogP contribution is -2.38. The molecule has 6 nitrogen and oxygen atoms in total. The highest BCUT2D eigenvalue weighted by Gasteiger charge is 2.24. The van der Waals surface area contributed by atoms with Crippen molar-refractivity contribution < 1.29 is 14.3 Å². The number of hydrogen-bond acceptors (Lipinski definition) is 5. The second-order valence-electron chi connectivity index (χ2n) is 7.78. The molecule has 0 unspecified atom stereocenters. The van der Waals surface area contributed by atoms with E-state index in [1.807, 2.05) is 54.5 Å². The van der Waals surface area contributed by atoms with Crippen molar-refractivity contribution in [2.45, 2.75) is 26.7 Å². The molecule has 0 saturated carbocycles. The van der Waals surface area contributed by atoms with Crippen LogP contribution < -0.4 is 15.0 Å². The quantitative estimate of drug-likeness (QED) is 0.606. The highest BCUT2D eigenvalue weighted by atomic mass is 32.1. The largest absolute Gasteiger partial charge is 0.484 e. The number of carbonyl (C=O) groups is 2. The molecule has 1 aliphatic rings. The van der Waals surface area contributed by atoms with Crippen LogP contribution in [0.2, 0.25) is 0 Å². The molecule has 0 atom stereocenters. The highest BCUT2D eigenvalue weighted by molar-refractivity contribution is 7.14. The molecular formula is C24H25N3O3S. The summed E-state index contributed by atoms with van der Waals surface area (Å²) in [5, 5.41) is 5.25. The standard InChI is InChI=1S/C24H25N3O3S/c1-16(2)23(29)27-12-6-7-18-13-17(10-11-21(18)27)20-15-31-24(25-20)26-22(28)14-30-19-8-4-3-5-9-19/h3-5,8-11,13,15-16H,6-7,12,14H2,1-2H3,(H,25,26,28). The number of anilines is 2. The van der Waals surface area contributed by atoms with Crippen LogP contribution in [0.1, 0.15) is 25.8 Å². The number of thiazole rings is 1. The molecule has 1 aromatic heterocycles. The first-order valence-corrected chi connectivity index (χ1v) is 11.3. The van der Waals surface area contributed by atoms with Gasteiger partial charge in [-0.15, -0.1) is 11.3 Å². The number of ether oxygens (including phenoxy) is 1. The summed E-state index contributed by atoms with van der Waals surface area (Å²) in [6.07, 6.45) is 1.89. The molecule has 1 N–H and O–H groups in total. The summed E-state index contributed by atoms with van der Waals surface area (Å²) in [5.74, 6) is 0.529. The first-order valence-electron chi connectivity index (χ1n) is 10.4. The van der Waals surface area contributed by atoms with E-state index in [9.17, 15) is 9.59 Å². The minimum absolute atomic E-state index is 0.0267. The molecule has 0 radical (unpaired) electrons. The topological polar surface area (TPSA) is 71.5 Å². The van der Waals surface area contributed by atoms with Crippen LogP contribution in [0.5, 0.6) is 5.75 Å². The van der Waals surface area contributed by atoms with Gasteiger partial charge in [-0.3, -0.25) is 14.9 Å². The molecule has 7 heteroatoms. The molecule has 2 amide bonds. The van der Waals surface area contributed by atoms with Crippen molar-refractivity contribution in [1.82, 2.24) is 4.98 Å². The zero-order valence-electron chi connectivity index (χ0n) is 17.6. The molecular weight excluding hydrogens is 410 g/mol. The van der Waals surface area contributed by atoms with Crippen LogP contribution >= 0.6 is 11.3 Å². The molecule has 3 aromatic rings. The maximum absolute atomic E-state index is 12.5. The number of hydrogen-bond donors (Lipinski definition) is 1. The fraction of sp³-hybridized carbons (Fsp3) is 0.292. The lowest BCUT2D eigenvalue weighted by Gasteiger charge is -2.31. The summed E-state index contributed by atoms with van der Waals surface area (Å²) >= 11 is 1.38. The van der Waals surface area contributed by atoms with Crippen molar-refractivity contribution in [1.29, 1.82) is 0 Å². The fourth-order valence-electron chi connectivity index (χ4n) is 3.58. The maximum atomic E-state index is 12.5. The van der Waals surface area contributed by atoms with Gasteiger partial charge in [0.25, 0.3) is 5.91 Å². The average Bonchev–Trinajstić information content (AvgIpc) is 3.25. The van der Waals surface area contributed by atoms with Crippen LogP contribution in [-0.4, -0.2) is 29.9 Å². The van der Waals surface area contributed by atoms with E-state index in [4.69, 9.17) is 4.74 Å². The van der Waals surface area contributed by atoms with Gasteiger partial charge in [0.2, 0.25) is 5.91 Å². The number of amides is 2. The lowest BCUT2D eigenvalue weighted by molar-refractivity contribution is -0.121. The Balaban J connectivity index is 1.43. The Bertz CT molecular complexity index is 1080. The Kier molecular flexibility index (Phi) is 6.32. The molecule has 160 valence electrons. The summed E-state index contributed by atoms with van der Waals surface area (Å²) < 4.78 is 5.47. The molecule has 0 spiro atoms.